The Morgan fingerprint density at radius 1 is 1.16 bits per heavy atom. The maximum absolute atomic E-state index is 12.6. The number of rotatable bonds is 7. The molecule has 1 aromatic heterocycles. The number of hydrogen-bond acceptors (Lipinski definition) is 5. The zero-order valence-electron chi connectivity index (χ0n) is 17.0. The van der Waals surface area contributed by atoms with Crippen molar-refractivity contribution in [3.05, 3.63) is 59.2 Å². The second-order valence-corrected chi connectivity index (χ2v) is 8.35. The van der Waals surface area contributed by atoms with Gasteiger partial charge in [0.15, 0.2) is 5.78 Å². The maximum atomic E-state index is 12.6. The highest BCUT2D eigenvalue weighted by Gasteiger charge is 2.33. The minimum atomic E-state index is -4.84. The van der Waals surface area contributed by atoms with E-state index in [0.29, 0.717) is 28.7 Å². The quantitative estimate of drug-likeness (QED) is 0.409. The summed E-state index contributed by atoms with van der Waals surface area (Å²) < 4.78 is 41.8. The van der Waals surface area contributed by atoms with Crippen LogP contribution in [0.5, 0.6) is 5.75 Å². The van der Waals surface area contributed by atoms with E-state index in [0.717, 1.165) is 30.8 Å². The van der Waals surface area contributed by atoms with Crippen molar-refractivity contribution in [2.75, 3.05) is 5.32 Å². The molecule has 1 aliphatic rings. The van der Waals surface area contributed by atoms with Crippen molar-refractivity contribution in [1.82, 2.24) is 9.97 Å². The van der Waals surface area contributed by atoms with Gasteiger partial charge in [-0.05, 0) is 61.9 Å². The van der Waals surface area contributed by atoms with Crippen LogP contribution in [0.1, 0.15) is 42.5 Å². The summed E-state index contributed by atoms with van der Waals surface area (Å²) in [5.74, 6) is 0.166. The Morgan fingerprint density at radius 2 is 1.97 bits per heavy atom. The van der Waals surface area contributed by atoms with Crippen molar-refractivity contribution < 1.29 is 22.7 Å². The lowest BCUT2D eigenvalue weighted by Crippen LogP contribution is -2.19. The summed E-state index contributed by atoms with van der Waals surface area (Å²) in [5.41, 5.74) is 1.43. The van der Waals surface area contributed by atoms with Gasteiger partial charge in [-0.25, -0.2) is 4.98 Å². The Kier molecular flexibility index (Phi) is 6.50. The molecule has 3 aromatic rings. The Hall–Kier alpha value is -2.87. The van der Waals surface area contributed by atoms with Crippen molar-refractivity contribution in [3.63, 3.8) is 0 Å². The molecule has 0 saturated heterocycles. The first-order valence-electron chi connectivity index (χ1n) is 10.3. The minimum absolute atomic E-state index is 0.0393. The Balaban J connectivity index is 1.32. The zero-order valence-corrected chi connectivity index (χ0v) is 17.8. The summed E-state index contributed by atoms with van der Waals surface area (Å²) >= 11 is 6.03. The average Bonchev–Trinajstić information content (AvgIpc) is 3.18. The number of anilines is 1. The number of nitrogens with one attached hydrogen (secondary N) is 1. The van der Waals surface area contributed by atoms with E-state index in [1.165, 1.54) is 18.2 Å². The Morgan fingerprint density at radius 3 is 2.78 bits per heavy atom. The van der Waals surface area contributed by atoms with E-state index in [2.05, 4.69) is 20.0 Å². The summed E-state index contributed by atoms with van der Waals surface area (Å²) in [7, 11) is 0. The summed E-state index contributed by atoms with van der Waals surface area (Å²) in [4.78, 5) is 21.5. The number of halogens is 4. The van der Waals surface area contributed by atoms with Gasteiger partial charge >= 0.3 is 6.36 Å². The SMILES string of the molecule is O=C(CCC1CC[C@@H](Nc2cnc3ccc(Cl)cc3n2)C1)c1ccccc1OC(F)(F)F. The normalized spacial score (nSPS) is 18.6. The van der Waals surface area contributed by atoms with Crippen LogP contribution in [0.25, 0.3) is 11.0 Å². The lowest BCUT2D eigenvalue weighted by atomic mass is 9.97. The molecule has 5 nitrogen and oxygen atoms in total. The standard InChI is InChI=1S/C23H21ClF3N3O2/c24-15-7-9-18-19(12-15)30-22(13-28-18)29-16-8-5-14(11-16)6-10-20(31)17-3-1-2-4-21(17)32-23(25,26)27/h1-4,7,9,12-14,16H,5-6,8,10-11H2,(H,29,30)/t14?,16-/m1/s1. The summed E-state index contributed by atoms with van der Waals surface area (Å²) in [5, 5.41) is 3.98. The van der Waals surface area contributed by atoms with Crippen LogP contribution in [-0.2, 0) is 0 Å². The molecule has 0 radical (unpaired) electrons. The van der Waals surface area contributed by atoms with Crippen LogP contribution in [0.15, 0.2) is 48.7 Å². The number of hydrogen-bond donors (Lipinski definition) is 1. The minimum Gasteiger partial charge on any atom is -0.405 e. The van der Waals surface area contributed by atoms with E-state index in [9.17, 15) is 18.0 Å². The molecule has 168 valence electrons. The largest absolute Gasteiger partial charge is 0.573 e. The molecule has 2 aromatic carbocycles. The smallest absolute Gasteiger partial charge is 0.405 e. The summed E-state index contributed by atoms with van der Waals surface area (Å²) in [6, 6.07) is 11.0. The van der Waals surface area contributed by atoms with Gasteiger partial charge < -0.3 is 10.1 Å². The lowest BCUT2D eigenvalue weighted by Gasteiger charge is -2.15. The van der Waals surface area contributed by atoms with Gasteiger partial charge in [0, 0.05) is 17.5 Å². The molecule has 0 amide bonds. The summed E-state index contributed by atoms with van der Waals surface area (Å²) in [6.45, 7) is 0. The van der Waals surface area contributed by atoms with Crippen LogP contribution in [0.2, 0.25) is 5.02 Å². The van der Waals surface area contributed by atoms with E-state index < -0.39 is 12.1 Å². The van der Waals surface area contributed by atoms with Gasteiger partial charge in [0.05, 0.1) is 22.8 Å². The average molecular weight is 464 g/mol. The number of ether oxygens (including phenoxy) is 1. The molecule has 1 aliphatic carbocycles. The van der Waals surface area contributed by atoms with Crippen molar-refractivity contribution in [2.45, 2.75) is 44.5 Å². The number of fused-ring (bicyclic) bond motifs is 1. The van der Waals surface area contributed by atoms with Gasteiger partial charge in [-0.1, -0.05) is 23.7 Å². The number of para-hydroxylation sites is 1. The van der Waals surface area contributed by atoms with Gasteiger partial charge in [0.25, 0.3) is 0 Å². The number of aromatic nitrogens is 2. The van der Waals surface area contributed by atoms with E-state index >= 15 is 0 Å². The second kappa shape index (κ2) is 9.32. The molecule has 32 heavy (non-hydrogen) atoms. The second-order valence-electron chi connectivity index (χ2n) is 7.91. The third-order valence-electron chi connectivity index (χ3n) is 5.59. The molecule has 0 aliphatic heterocycles. The van der Waals surface area contributed by atoms with E-state index in [4.69, 9.17) is 11.6 Å². The van der Waals surface area contributed by atoms with Gasteiger partial charge in [-0.15, -0.1) is 13.2 Å². The van der Waals surface area contributed by atoms with Crippen molar-refractivity contribution in [3.8, 4) is 5.75 Å². The fourth-order valence-corrected chi connectivity index (χ4v) is 4.28. The van der Waals surface area contributed by atoms with Crippen LogP contribution in [0, 0.1) is 5.92 Å². The van der Waals surface area contributed by atoms with Crippen LogP contribution in [0.3, 0.4) is 0 Å². The number of benzene rings is 2. The number of nitrogens with zero attached hydrogens (tertiary/aromatic N) is 2. The van der Waals surface area contributed by atoms with Crippen LogP contribution in [0.4, 0.5) is 19.0 Å². The molecule has 1 unspecified atom stereocenters. The monoisotopic (exact) mass is 463 g/mol. The van der Waals surface area contributed by atoms with E-state index in [-0.39, 0.29) is 23.8 Å². The molecule has 1 N–H and O–H groups in total. The molecule has 1 fully saturated rings. The van der Waals surface area contributed by atoms with Gasteiger partial charge in [0.2, 0.25) is 0 Å². The Bertz CT molecular complexity index is 1120. The number of carbonyl (C=O) groups is 1. The molecule has 9 heteroatoms. The lowest BCUT2D eigenvalue weighted by molar-refractivity contribution is -0.274. The predicted molar refractivity (Wildman–Crippen MR) is 116 cm³/mol. The van der Waals surface area contributed by atoms with Gasteiger partial charge in [-0.3, -0.25) is 9.78 Å². The summed E-state index contributed by atoms with van der Waals surface area (Å²) in [6.07, 6.45) is 0.326. The number of carbonyl (C=O) groups excluding carboxylic acids is 1. The first kappa shape index (κ1) is 22.3. The van der Waals surface area contributed by atoms with Crippen LogP contribution >= 0.6 is 11.6 Å². The third kappa shape index (κ3) is 5.68. The molecular formula is C23H21ClF3N3O2. The third-order valence-corrected chi connectivity index (χ3v) is 5.83. The fraction of sp³-hybridized carbons (Fsp3) is 0.348. The molecule has 1 heterocycles. The number of Topliss-reactive ketones (excluding diaryl/α,β-unsaturated/α-hetero) is 1. The first-order valence-corrected chi connectivity index (χ1v) is 10.7. The highest BCUT2D eigenvalue weighted by atomic mass is 35.5. The van der Waals surface area contributed by atoms with Crippen molar-refractivity contribution in [2.24, 2.45) is 5.92 Å². The number of alkyl halides is 3. The van der Waals surface area contributed by atoms with Gasteiger partial charge in [0.1, 0.15) is 11.6 Å². The molecular weight excluding hydrogens is 443 g/mol. The van der Waals surface area contributed by atoms with Crippen LogP contribution in [-0.4, -0.2) is 28.2 Å². The molecule has 4 rings (SSSR count). The van der Waals surface area contributed by atoms with E-state index in [1.807, 2.05) is 6.07 Å². The highest BCUT2D eigenvalue weighted by Crippen LogP contribution is 2.33. The number of ketones is 1. The first-order chi connectivity index (χ1) is 15.3. The molecule has 0 spiro atoms. The van der Waals surface area contributed by atoms with Crippen molar-refractivity contribution in [1.29, 1.82) is 0 Å². The predicted octanol–water partition coefficient (Wildman–Crippen LogP) is 6.43. The molecule has 2 atom stereocenters. The van der Waals surface area contributed by atoms with E-state index in [1.54, 1.807) is 18.3 Å². The molecule has 0 bridgehead atoms. The zero-order chi connectivity index (χ0) is 22.7. The van der Waals surface area contributed by atoms with Crippen LogP contribution < -0.4 is 10.1 Å². The molecule has 1 saturated carbocycles. The topological polar surface area (TPSA) is 64.1 Å². The highest BCUT2D eigenvalue weighted by molar-refractivity contribution is 6.31. The fourth-order valence-electron chi connectivity index (χ4n) is 4.11. The maximum Gasteiger partial charge on any atom is 0.573 e. The van der Waals surface area contributed by atoms with Gasteiger partial charge in [-0.2, -0.15) is 0 Å². The Labute approximate surface area is 188 Å². The van der Waals surface area contributed by atoms with Crippen molar-refractivity contribution >= 4 is 34.2 Å².